The van der Waals surface area contributed by atoms with Crippen LogP contribution in [0.5, 0.6) is 0 Å². The molecule has 0 aromatic heterocycles. The molecule has 3 aliphatic rings. The highest BCUT2D eigenvalue weighted by Gasteiger charge is 2.64. The number of hydrogen-bond acceptors (Lipinski definition) is 5. The Morgan fingerprint density at radius 3 is 2.28 bits per heavy atom. The van der Waals surface area contributed by atoms with Gasteiger partial charge in [0.05, 0.1) is 0 Å². The molecule has 2 fully saturated rings. The van der Waals surface area contributed by atoms with Crippen molar-refractivity contribution in [3.05, 3.63) is 12.2 Å². The predicted octanol–water partition coefficient (Wildman–Crippen LogP) is 4.31. The molecule has 0 saturated heterocycles. The maximum absolute atomic E-state index is 12.1. The zero-order valence-corrected chi connectivity index (χ0v) is 16.1. The summed E-state index contributed by atoms with van der Waals surface area (Å²) in [7, 11) is 3.53. The van der Waals surface area contributed by atoms with E-state index >= 15 is 0 Å². The van der Waals surface area contributed by atoms with Gasteiger partial charge in [-0.2, -0.15) is 0 Å². The summed E-state index contributed by atoms with van der Waals surface area (Å²) in [5.74, 6) is 1.36. The van der Waals surface area contributed by atoms with Gasteiger partial charge in [0, 0.05) is 26.1 Å². The molecule has 3 rings (SSSR count). The van der Waals surface area contributed by atoms with Crippen LogP contribution in [0.25, 0.3) is 0 Å². The van der Waals surface area contributed by atoms with E-state index in [2.05, 4.69) is 6.08 Å². The van der Waals surface area contributed by atoms with Gasteiger partial charge in [-0.3, -0.25) is 0 Å². The van der Waals surface area contributed by atoms with Crippen molar-refractivity contribution in [2.75, 3.05) is 14.2 Å². The summed E-state index contributed by atoms with van der Waals surface area (Å²) in [5.41, 5.74) is -0.543. The molecular formula is C20H32O5. The molecule has 0 amide bonds. The number of ether oxygens (including phenoxy) is 4. The molecule has 3 aliphatic carbocycles. The van der Waals surface area contributed by atoms with Crippen molar-refractivity contribution >= 4 is 6.16 Å². The maximum Gasteiger partial charge on any atom is 0.509 e. The zero-order chi connectivity index (χ0) is 18.2. The van der Waals surface area contributed by atoms with Gasteiger partial charge in [-0.1, -0.05) is 6.08 Å². The fraction of sp³-hybridized carbons (Fsp3) is 0.850. The van der Waals surface area contributed by atoms with E-state index < -0.39 is 17.5 Å². The van der Waals surface area contributed by atoms with Crippen LogP contribution in [0, 0.1) is 23.7 Å². The Balaban J connectivity index is 1.74. The van der Waals surface area contributed by atoms with Crippen molar-refractivity contribution in [1.29, 1.82) is 0 Å². The van der Waals surface area contributed by atoms with Crippen LogP contribution in [0.4, 0.5) is 4.79 Å². The Morgan fingerprint density at radius 2 is 1.68 bits per heavy atom. The lowest BCUT2D eigenvalue weighted by molar-refractivity contribution is -0.239. The van der Waals surface area contributed by atoms with Crippen molar-refractivity contribution in [2.24, 2.45) is 23.7 Å². The van der Waals surface area contributed by atoms with E-state index in [0.29, 0.717) is 23.7 Å². The quantitative estimate of drug-likeness (QED) is 0.430. The maximum atomic E-state index is 12.1. The molecule has 25 heavy (non-hydrogen) atoms. The Bertz CT molecular complexity index is 517. The Kier molecular flexibility index (Phi) is 5.18. The zero-order valence-electron chi connectivity index (χ0n) is 16.1. The van der Waals surface area contributed by atoms with Crippen LogP contribution in [0.2, 0.25) is 0 Å². The number of carbonyl (C=O) groups is 1. The van der Waals surface area contributed by atoms with E-state index in [1.54, 1.807) is 14.2 Å². The van der Waals surface area contributed by atoms with Crippen molar-refractivity contribution < 1.29 is 23.7 Å². The minimum atomic E-state index is -0.591. The van der Waals surface area contributed by atoms with Crippen LogP contribution < -0.4 is 0 Å². The van der Waals surface area contributed by atoms with Crippen LogP contribution in [0.3, 0.4) is 0 Å². The highest BCUT2D eigenvalue weighted by molar-refractivity contribution is 5.61. The molecule has 142 valence electrons. The van der Waals surface area contributed by atoms with Crippen LogP contribution in [-0.4, -0.2) is 37.9 Å². The minimum Gasteiger partial charge on any atom is -0.429 e. The second-order valence-corrected chi connectivity index (χ2v) is 8.61. The number of carbonyl (C=O) groups excluding carboxylic acids is 1. The first kappa shape index (κ1) is 18.7. The summed E-state index contributed by atoms with van der Waals surface area (Å²) in [6, 6.07) is 0. The number of methoxy groups -OCH3 is 2. The number of hydrogen-bond donors (Lipinski definition) is 0. The molecular weight excluding hydrogens is 320 g/mol. The third kappa shape index (κ3) is 3.45. The summed E-state index contributed by atoms with van der Waals surface area (Å²) >= 11 is 0. The van der Waals surface area contributed by atoms with Crippen molar-refractivity contribution in [3.63, 3.8) is 0 Å². The van der Waals surface area contributed by atoms with Crippen LogP contribution in [0.15, 0.2) is 12.2 Å². The van der Waals surface area contributed by atoms with Gasteiger partial charge >= 0.3 is 6.16 Å². The van der Waals surface area contributed by atoms with Crippen molar-refractivity contribution in [1.82, 2.24) is 0 Å². The lowest BCUT2D eigenvalue weighted by atomic mass is 9.73. The Labute approximate surface area is 151 Å². The first-order chi connectivity index (χ1) is 11.8. The van der Waals surface area contributed by atoms with Gasteiger partial charge in [0.1, 0.15) is 11.7 Å². The van der Waals surface area contributed by atoms with Crippen LogP contribution in [0.1, 0.15) is 52.9 Å². The van der Waals surface area contributed by atoms with E-state index in [1.165, 1.54) is 0 Å². The first-order valence-electron chi connectivity index (χ1n) is 9.47. The third-order valence-corrected chi connectivity index (χ3v) is 6.20. The SMILES string of the molecule is COC1(OC)C2CCC1C1CC(OC(=O)OC(C)(C)C)/C=C/CCC12. The molecule has 0 aliphatic heterocycles. The van der Waals surface area contributed by atoms with E-state index in [9.17, 15) is 4.79 Å². The third-order valence-electron chi connectivity index (χ3n) is 6.20. The molecule has 0 radical (unpaired) electrons. The van der Waals surface area contributed by atoms with Gasteiger partial charge in [-0.05, 0) is 70.8 Å². The summed E-state index contributed by atoms with van der Waals surface area (Å²) in [5, 5.41) is 0. The highest BCUT2D eigenvalue weighted by Crippen LogP contribution is 2.62. The molecule has 0 heterocycles. The lowest BCUT2D eigenvalue weighted by Gasteiger charge is -2.33. The number of fused-ring (bicyclic) bond motifs is 5. The van der Waals surface area contributed by atoms with Gasteiger partial charge in [0.2, 0.25) is 0 Å². The van der Waals surface area contributed by atoms with E-state index in [-0.39, 0.29) is 6.10 Å². The second-order valence-electron chi connectivity index (χ2n) is 8.61. The van der Waals surface area contributed by atoms with Gasteiger partial charge in [-0.25, -0.2) is 4.79 Å². The van der Waals surface area contributed by atoms with E-state index in [1.807, 2.05) is 26.8 Å². The summed E-state index contributed by atoms with van der Waals surface area (Å²) < 4.78 is 22.8. The molecule has 0 aromatic rings. The van der Waals surface area contributed by atoms with Gasteiger partial charge in [0.15, 0.2) is 5.79 Å². The normalized spacial score (nSPS) is 37.7. The second kappa shape index (κ2) is 6.92. The van der Waals surface area contributed by atoms with Gasteiger partial charge in [0.25, 0.3) is 0 Å². The fourth-order valence-corrected chi connectivity index (χ4v) is 5.47. The Hall–Kier alpha value is -1.07. The van der Waals surface area contributed by atoms with E-state index in [0.717, 1.165) is 32.1 Å². The average molecular weight is 352 g/mol. The van der Waals surface area contributed by atoms with Crippen molar-refractivity contribution in [2.45, 2.75) is 70.4 Å². The molecule has 5 heteroatoms. The lowest BCUT2D eigenvalue weighted by Crippen LogP contribution is -2.40. The van der Waals surface area contributed by atoms with Crippen molar-refractivity contribution in [3.8, 4) is 0 Å². The highest BCUT2D eigenvalue weighted by atomic mass is 16.7. The smallest absolute Gasteiger partial charge is 0.429 e. The summed E-state index contributed by atoms with van der Waals surface area (Å²) in [6.45, 7) is 5.54. The first-order valence-corrected chi connectivity index (χ1v) is 9.47. The Morgan fingerprint density at radius 1 is 1.04 bits per heavy atom. The summed E-state index contributed by atoms with van der Waals surface area (Å²) in [6.07, 6.45) is 8.58. The average Bonchev–Trinajstić information content (AvgIpc) is 2.97. The van der Waals surface area contributed by atoms with Crippen LogP contribution >= 0.6 is 0 Å². The molecule has 0 spiro atoms. The molecule has 0 aromatic carbocycles. The fourth-order valence-electron chi connectivity index (χ4n) is 5.47. The van der Waals surface area contributed by atoms with Gasteiger partial charge in [-0.15, -0.1) is 0 Å². The molecule has 2 saturated carbocycles. The standard InChI is InChI=1S/C20H32O5/c1-19(2,3)25-18(21)24-13-8-6-7-9-14-15(12-13)17-11-10-16(14)20(17,22-4)23-5/h6,8,13-17H,7,9-12H2,1-5H3/b8-6+. The molecule has 5 unspecified atom stereocenters. The minimum absolute atomic E-state index is 0.242. The molecule has 5 atom stereocenters. The number of rotatable bonds is 3. The van der Waals surface area contributed by atoms with Gasteiger partial charge < -0.3 is 18.9 Å². The predicted molar refractivity (Wildman–Crippen MR) is 94.0 cm³/mol. The number of allylic oxidation sites excluding steroid dienone is 1. The topological polar surface area (TPSA) is 54.0 Å². The molecule has 0 N–H and O–H groups in total. The largest absolute Gasteiger partial charge is 0.509 e. The molecule has 2 bridgehead atoms. The summed E-state index contributed by atoms with van der Waals surface area (Å²) in [4.78, 5) is 12.1. The monoisotopic (exact) mass is 352 g/mol. The molecule has 5 nitrogen and oxygen atoms in total. The van der Waals surface area contributed by atoms with E-state index in [4.69, 9.17) is 18.9 Å². The van der Waals surface area contributed by atoms with Crippen LogP contribution in [-0.2, 0) is 18.9 Å².